The van der Waals surface area contributed by atoms with E-state index in [-0.39, 0.29) is 40.5 Å². The molecule has 1 saturated carbocycles. The number of ketones is 1. The van der Waals surface area contributed by atoms with Gasteiger partial charge >= 0.3 is 11.9 Å². The van der Waals surface area contributed by atoms with Crippen molar-refractivity contribution in [1.29, 1.82) is 0 Å². The third kappa shape index (κ3) is 6.31. The zero-order valence-corrected chi connectivity index (χ0v) is 24.7. The van der Waals surface area contributed by atoms with Gasteiger partial charge in [0.15, 0.2) is 12.4 Å². The van der Waals surface area contributed by atoms with E-state index in [0.29, 0.717) is 24.1 Å². The van der Waals surface area contributed by atoms with Gasteiger partial charge in [0, 0.05) is 5.56 Å². The second-order valence-electron chi connectivity index (χ2n) is 11.5. The first-order valence-corrected chi connectivity index (χ1v) is 14.9. The molecule has 8 heteroatoms. The number of nitrogens with zero attached hydrogens (tertiary/aromatic N) is 1. The maximum absolute atomic E-state index is 13.5. The molecular weight excluding hydrogens is 570 g/mol. The zero-order chi connectivity index (χ0) is 31.5. The maximum atomic E-state index is 13.5. The number of Topliss-reactive ketones (excluding diaryl/α,β-unsaturated/α-hetero) is 1. The molecule has 0 radical (unpaired) electrons. The summed E-state index contributed by atoms with van der Waals surface area (Å²) in [6, 6.07) is 29.1. The molecule has 4 aromatic rings. The summed E-state index contributed by atoms with van der Waals surface area (Å²) in [5, 5.41) is 0. The van der Waals surface area contributed by atoms with Crippen LogP contribution in [0.25, 0.3) is 0 Å². The van der Waals surface area contributed by atoms with Crippen molar-refractivity contribution in [3.63, 3.8) is 0 Å². The first kappa shape index (κ1) is 29.7. The minimum atomic E-state index is -0.755. The Balaban J connectivity index is 1.06. The summed E-state index contributed by atoms with van der Waals surface area (Å²) < 4.78 is 10.6. The van der Waals surface area contributed by atoms with Crippen LogP contribution in [0.1, 0.15) is 67.4 Å². The molecule has 4 aromatic carbocycles. The lowest BCUT2D eigenvalue weighted by Crippen LogP contribution is -2.31. The molecule has 2 amide bonds. The van der Waals surface area contributed by atoms with Crippen molar-refractivity contribution in [3.05, 3.63) is 131 Å². The van der Waals surface area contributed by atoms with Gasteiger partial charge in [-0.2, -0.15) is 0 Å². The van der Waals surface area contributed by atoms with Gasteiger partial charge in [-0.1, -0.05) is 54.1 Å². The molecule has 1 saturated heterocycles. The molecule has 0 unspecified atom stereocenters. The first-order chi connectivity index (χ1) is 21.8. The van der Waals surface area contributed by atoms with E-state index in [1.807, 2.05) is 37.3 Å². The van der Waals surface area contributed by atoms with Crippen LogP contribution in [0.5, 0.6) is 5.75 Å². The number of carbonyl (C=O) groups excluding carboxylic acids is 5. The SMILES string of the molecule is Cc1ccc(C(=O)Oc2ccc(C(=O)COC(=O)c3cccc(N4C(=O)[C@@H]5CC[C@H](c6ccccc6)C[C@H]5C4=O)c3)cc2)cc1. The molecule has 1 heterocycles. The minimum Gasteiger partial charge on any atom is -0.454 e. The molecule has 45 heavy (non-hydrogen) atoms. The van der Waals surface area contributed by atoms with Crippen LogP contribution in [0, 0.1) is 18.8 Å². The zero-order valence-electron chi connectivity index (χ0n) is 24.7. The third-order valence-electron chi connectivity index (χ3n) is 8.54. The standard InChI is InChI=1S/C37H31NO7/c1-23-10-12-26(13-11-23)37(43)45-30-17-14-25(15-18-30)33(39)22-44-36(42)28-8-5-9-29(20-28)38-34(40)31-19-16-27(21-32(31)35(38)41)24-6-3-2-4-7-24/h2-15,17-18,20,27,31-32H,16,19,21-22H2,1H3/t27-,31+,32+/m0/s1. The van der Waals surface area contributed by atoms with Gasteiger partial charge in [0.2, 0.25) is 11.8 Å². The number of rotatable bonds is 8. The number of esters is 2. The molecule has 0 bridgehead atoms. The van der Waals surface area contributed by atoms with Gasteiger partial charge in [0.05, 0.1) is 28.7 Å². The minimum absolute atomic E-state index is 0.122. The van der Waals surface area contributed by atoms with Crippen LogP contribution in [0.2, 0.25) is 0 Å². The van der Waals surface area contributed by atoms with Crippen LogP contribution in [0.4, 0.5) is 5.69 Å². The van der Waals surface area contributed by atoms with Crippen LogP contribution >= 0.6 is 0 Å². The third-order valence-corrected chi connectivity index (χ3v) is 8.54. The number of aryl methyl sites for hydroxylation is 1. The predicted octanol–water partition coefficient (Wildman–Crippen LogP) is 6.33. The number of fused-ring (bicyclic) bond motifs is 1. The Kier molecular flexibility index (Phi) is 8.38. The summed E-state index contributed by atoms with van der Waals surface area (Å²) >= 11 is 0. The molecule has 2 aliphatic rings. The topological polar surface area (TPSA) is 107 Å². The Bertz CT molecular complexity index is 1760. The summed E-state index contributed by atoms with van der Waals surface area (Å²) in [5.41, 5.74) is 3.31. The average Bonchev–Trinajstić information content (AvgIpc) is 3.32. The van der Waals surface area contributed by atoms with E-state index >= 15 is 0 Å². The van der Waals surface area contributed by atoms with E-state index in [9.17, 15) is 24.0 Å². The van der Waals surface area contributed by atoms with Crippen molar-refractivity contribution in [2.24, 2.45) is 11.8 Å². The number of anilines is 1. The van der Waals surface area contributed by atoms with Gasteiger partial charge in [-0.3, -0.25) is 19.3 Å². The fraction of sp³-hybridized carbons (Fsp3) is 0.216. The number of carbonyl (C=O) groups is 5. The van der Waals surface area contributed by atoms with Gasteiger partial charge in [-0.15, -0.1) is 0 Å². The molecule has 8 nitrogen and oxygen atoms in total. The Morgan fingerprint density at radius 2 is 1.40 bits per heavy atom. The first-order valence-electron chi connectivity index (χ1n) is 14.9. The quantitative estimate of drug-likeness (QED) is 0.101. The molecule has 3 atom stereocenters. The normalized spacial score (nSPS) is 19.1. The van der Waals surface area contributed by atoms with Crippen molar-refractivity contribution < 1.29 is 33.4 Å². The highest BCUT2D eigenvalue weighted by atomic mass is 16.5. The molecule has 226 valence electrons. The van der Waals surface area contributed by atoms with Crippen molar-refractivity contribution in [2.45, 2.75) is 32.1 Å². The Labute approximate surface area is 260 Å². The summed E-state index contributed by atoms with van der Waals surface area (Å²) in [4.78, 5) is 65.9. The molecule has 1 aliphatic carbocycles. The van der Waals surface area contributed by atoms with Gasteiger partial charge in [0.1, 0.15) is 5.75 Å². The van der Waals surface area contributed by atoms with Gasteiger partial charge in [0.25, 0.3) is 0 Å². The summed E-state index contributed by atoms with van der Waals surface area (Å²) in [6.07, 6.45) is 2.07. The van der Waals surface area contributed by atoms with E-state index in [1.165, 1.54) is 46.9 Å². The number of hydrogen-bond donors (Lipinski definition) is 0. The molecule has 0 N–H and O–H groups in total. The van der Waals surface area contributed by atoms with Crippen molar-refractivity contribution >= 4 is 35.2 Å². The van der Waals surface area contributed by atoms with Crippen molar-refractivity contribution in [2.75, 3.05) is 11.5 Å². The largest absolute Gasteiger partial charge is 0.454 e. The fourth-order valence-electron chi connectivity index (χ4n) is 6.10. The molecule has 6 rings (SSSR count). The summed E-state index contributed by atoms with van der Waals surface area (Å²) in [7, 11) is 0. The molecule has 0 spiro atoms. The van der Waals surface area contributed by atoms with Crippen molar-refractivity contribution in [3.8, 4) is 5.75 Å². The van der Waals surface area contributed by atoms with Crippen LogP contribution in [0.3, 0.4) is 0 Å². The Morgan fingerprint density at radius 1 is 0.711 bits per heavy atom. The highest BCUT2D eigenvalue weighted by molar-refractivity contribution is 6.22. The van der Waals surface area contributed by atoms with E-state index in [2.05, 4.69) is 12.1 Å². The van der Waals surface area contributed by atoms with Crippen LogP contribution < -0.4 is 9.64 Å². The lowest BCUT2D eigenvalue weighted by molar-refractivity contribution is -0.122. The van der Waals surface area contributed by atoms with E-state index in [4.69, 9.17) is 9.47 Å². The molecule has 1 aliphatic heterocycles. The highest BCUT2D eigenvalue weighted by Gasteiger charge is 2.50. The second kappa shape index (κ2) is 12.7. The predicted molar refractivity (Wildman–Crippen MR) is 166 cm³/mol. The number of benzene rings is 4. The van der Waals surface area contributed by atoms with Gasteiger partial charge in [-0.25, -0.2) is 9.59 Å². The van der Waals surface area contributed by atoms with E-state index in [0.717, 1.165) is 12.0 Å². The number of hydrogen-bond acceptors (Lipinski definition) is 7. The number of imide groups is 1. The Morgan fingerprint density at radius 3 is 2.13 bits per heavy atom. The van der Waals surface area contributed by atoms with Crippen LogP contribution in [-0.2, 0) is 14.3 Å². The number of amides is 2. The molecular formula is C37H31NO7. The highest BCUT2D eigenvalue weighted by Crippen LogP contribution is 2.45. The fourth-order valence-corrected chi connectivity index (χ4v) is 6.10. The average molecular weight is 602 g/mol. The van der Waals surface area contributed by atoms with Crippen molar-refractivity contribution in [1.82, 2.24) is 0 Å². The van der Waals surface area contributed by atoms with Crippen LogP contribution in [0.15, 0.2) is 103 Å². The lowest BCUT2D eigenvalue weighted by Gasteiger charge is -2.28. The molecule has 2 fully saturated rings. The summed E-state index contributed by atoms with van der Waals surface area (Å²) in [6.45, 7) is 1.40. The summed E-state index contributed by atoms with van der Waals surface area (Å²) in [5.74, 6) is -2.50. The number of ether oxygens (including phenoxy) is 2. The monoisotopic (exact) mass is 601 g/mol. The lowest BCUT2D eigenvalue weighted by atomic mass is 9.73. The van der Waals surface area contributed by atoms with Crippen LogP contribution in [-0.4, -0.2) is 36.1 Å². The Hall–Kier alpha value is -5.37. The maximum Gasteiger partial charge on any atom is 0.343 e. The molecule has 0 aromatic heterocycles. The van der Waals surface area contributed by atoms with Gasteiger partial charge < -0.3 is 9.47 Å². The second-order valence-corrected chi connectivity index (χ2v) is 11.5. The van der Waals surface area contributed by atoms with Gasteiger partial charge in [-0.05, 0) is 92.3 Å². The smallest absolute Gasteiger partial charge is 0.343 e. The van der Waals surface area contributed by atoms with E-state index < -0.39 is 30.2 Å². The van der Waals surface area contributed by atoms with E-state index in [1.54, 1.807) is 24.3 Å².